The van der Waals surface area contributed by atoms with Crippen molar-refractivity contribution in [1.29, 1.82) is 0 Å². The third kappa shape index (κ3) is 8.85. The fraction of sp³-hybridized carbons (Fsp3) is 0.909. The SMILES string of the molecule is CC(C)(C)OC(=O)N(S)CCCCCCN. The predicted molar refractivity (Wildman–Crippen MR) is 69.4 cm³/mol. The largest absolute Gasteiger partial charge is 0.443 e. The molecule has 0 aromatic heterocycles. The van der Waals surface area contributed by atoms with Crippen molar-refractivity contribution in [2.24, 2.45) is 5.73 Å². The lowest BCUT2D eigenvalue weighted by Gasteiger charge is -2.23. The highest BCUT2D eigenvalue weighted by molar-refractivity contribution is 7.78. The Hall–Kier alpha value is -0.420. The minimum absolute atomic E-state index is 0.380. The number of amides is 1. The Morgan fingerprint density at radius 1 is 1.25 bits per heavy atom. The van der Waals surface area contributed by atoms with E-state index in [-0.39, 0.29) is 6.09 Å². The lowest BCUT2D eigenvalue weighted by Crippen LogP contribution is -2.31. The second-order valence-electron chi connectivity index (χ2n) is 4.81. The van der Waals surface area contributed by atoms with Crippen LogP contribution in [0.3, 0.4) is 0 Å². The zero-order chi connectivity index (χ0) is 12.6. The summed E-state index contributed by atoms with van der Waals surface area (Å²) in [5, 5.41) is 0. The zero-order valence-corrected chi connectivity index (χ0v) is 11.4. The lowest BCUT2D eigenvalue weighted by molar-refractivity contribution is 0.0406. The van der Waals surface area contributed by atoms with Crippen molar-refractivity contribution in [2.75, 3.05) is 13.1 Å². The summed E-state index contributed by atoms with van der Waals surface area (Å²) in [4.78, 5) is 11.5. The molecule has 0 aliphatic rings. The average Bonchev–Trinajstić information content (AvgIpc) is 2.14. The lowest BCUT2D eigenvalue weighted by atomic mass is 10.2. The van der Waals surface area contributed by atoms with E-state index in [1.54, 1.807) is 0 Å². The third-order valence-corrected chi connectivity index (χ3v) is 2.29. The van der Waals surface area contributed by atoms with Crippen molar-refractivity contribution in [3.05, 3.63) is 0 Å². The number of hydrogen-bond acceptors (Lipinski definition) is 4. The van der Waals surface area contributed by atoms with Crippen LogP contribution in [0, 0.1) is 0 Å². The van der Waals surface area contributed by atoms with Gasteiger partial charge in [0.05, 0.1) is 0 Å². The molecule has 2 N–H and O–H groups in total. The van der Waals surface area contributed by atoms with Crippen LogP contribution >= 0.6 is 12.8 Å². The highest BCUT2D eigenvalue weighted by Gasteiger charge is 2.19. The van der Waals surface area contributed by atoms with Crippen LogP contribution in [0.5, 0.6) is 0 Å². The minimum Gasteiger partial charge on any atom is -0.443 e. The monoisotopic (exact) mass is 248 g/mol. The van der Waals surface area contributed by atoms with Gasteiger partial charge in [-0.15, -0.1) is 0 Å². The van der Waals surface area contributed by atoms with Crippen LogP contribution in [-0.4, -0.2) is 29.1 Å². The molecule has 0 aromatic carbocycles. The van der Waals surface area contributed by atoms with Crippen LogP contribution in [0.25, 0.3) is 0 Å². The summed E-state index contributed by atoms with van der Waals surface area (Å²) < 4.78 is 6.50. The maximum Gasteiger partial charge on any atom is 0.420 e. The quantitative estimate of drug-likeness (QED) is 0.561. The van der Waals surface area contributed by atoms with Crippen LogP contribution in [-0.2, 0) is 4.74 Å². The first-order chi connectivity index (χ1) is 7.37. The molecule has 0 saturated heterocycles. The highest BCUT2D eigenvalue weighted by Crippen LogP contribution is 2.12. The number of rotatable bonds is 6. The number of hydrogen-bond donors (Lipinski definition) is 2. The average molecular weight is 248 g/mol. The van der Waals surface area contributed by atoms with Crippen molar-refractivity contribution in [3.63, 3.8) is 0 Å². The van der Waals surface area contributed by atoms with Crippen molar-refractivity contribution >= 4 is 18.9 Å². The Bertz CT molecular complexity index is 205. The Labute approximate surface area is 104 Å². The van der Waals surface area contributed by atoms with Gasteiger partial charge >= 0.3 is 6.09 Å². The Kier molecular flexibility index (Phi) is 7.58. The van der Waals surface area contributed by atoms with E-state index >= 15 is 0 Å². The van der Waals surface area contributed by atoms with Gasteiger partial charge in [-0.25, -0.2) is 4.79 Å². The molecule has 1 amide bonds. The summed E-state index contributed by atoms with van der Waals surface area (Å²) in [6, 6.07) is 0. The predicted octanol–water partition coefficient (Wildman–Crippen LogP) is 2.59. The number of unbranched alkanes of at least 4 members (excludes halogenated alkanes) is 3. The minimum atomic E-state index is -0.461. The van der Waals surface area contributed by atoms with Gasteiger partial charge in [-0.2, -0.15) is 0 Å². The molecular formula is C11H24N2O2S. The maximum atomic E-state index is 11.5. The molecule has 0 unspecified atom stereocenters. The second-order valence-corrected chi connectivity index (χ2v) is 5.29. The van der Waals surface area contributed by atoms with Crippen LogP contribution in [0.15, 0.2) is 0 Å². The zero-order valence-electron chi connectivity index (χ0n) is 10.5. The van der Waals surface area contributed by atoms with E-state index in [1.165, 1.54) is 4.31 Å². The molecule has 0 radical (unpaired) electrons. The van der Waals surface area contributed by atoms with E-state index < -0.39 is 5.60 Å². The van der Waals surface area contributed by atoms with Gasteiger partial charge in [0.2, 0.25) is 0 Å². The molecule has 0 atom stereocenters. The first-order valence-electron chi connectivity index (χ1n) is 5.76. The van der Waals surface area contributed by atoms with E-state index in [4.69, 9.17) is 10.5 Å². The number of carbonyl (C=O) groups excluding carboxylic acids is 1. The Balaban J connectivity index is 3.64. The molecule has 0 heterocycles. The number of ether oxygens (including phenoxy) is 1. The fourth-order valence-corrected chi connectivity index (χ4v) is 1.35. The van der Waals surface area contributed by atoms with Gasteiger partial charge in [0.1, 0.15) is 5.60 Å². The molecule has 0 aliphatic heterocycles. The molecule has 4 nitrogen and oxygen atoms in total. The number of nitrogens with zero attached hydrogens (tertiary/aromatic N) is 1. The Morgan fingerprint density at radius 2 is 1.81 bits per heavy atom. The van der Waals surface area contributed by atoms with Crippen molar-refractivity contribution < 1.29 is 9.53 Å². The normalized spacial score (nSPS) is 11.3. The number of carbonyl (C=O) groups is 1. The molecule has 0 bridgehead atoms. The van der Waals surface area contributed by atoms with E-state index in [1.807, 2.05) is 20.8 Å². The van der Waals surface area contributed by atoms with E-state index in [0.29, 0.717) is 6.54 Å². The maximum absolute atomic E-state index is 11.5. The topological polar surface area (TPSA) is 55.6 Å². The van der Waals surface area contributed by atoms with Crippen molar-refractivity contribution in [1.82, 2.24) is 4.31 Å². The van der Waals surface area contributed by atoms with Crippen LogP contribution in [0.1, 0.15) is 46.5 Å². The summed E-state index contributed by atoms with van der Waals surface area (Å²) in [5.74, 6) is 0. The van der Waals surface area contributed by atoms with Gasteiger partial charge in [0.25, 0.3) is 0 Å². The van der Waals surface area contributed by atoms with Gasteiger partial charge in [-0.3, -0.25) is 4.31 Å². The molecule has 16 heavy (non-hydrogen) atoms. The molecule has 5 heteroatoms. The van der Waals surface area contributed by atoms with E-state index in [0.717, 1.165) is 32.2 Å². The highest BCUT2D eigenvalue weighted by atomic mass is 32.1. The van der Waals surface area contributed by atoms with E-state index in [9.17, 15) is 4.79 Å². The summed E-state index contributed by atoms with van der Waals surface area (Å²) in [6.07, 6.45) is 3.76. The standard InChI is InChI=1S/C11H24N2O2S/c1-11(2,3)15-10(14)13(16)9-7-5-4-6-8-12/h16H,4-9,12H2,1-3H3. The van der Waals surface area contributed by atoms with Gasteiger partial charge in [0.15, 0.2) is 0 Å². The molecular weight excluding hydrogens is 224 g/mol. The first kappa shape index (κ1) is 15.6. The summed E-state index contributed by atoms with van der Waals surface area (Å²) in [7, 11) is 0. The molecule has 0 rings (SSSR count). The second kappa shape index (κ2) is 7.79. The van der Waals surface area contributed by atoms with Gasteiger partial charge < -0.3 is 10.5 Å². The summed E-state index contributed by atoms with van der Waals surface area (Å²) in [5.41, 5.74) is 4.93. The van der Waals surface area contributed by atoms with Crippen molar-refractivity contribution in [3.8, 4) is 0 Å². The number of thiol groups is 1. The van der Waals surface area contributed by atoms with E-state index in [2.05, 4.69) is 12.8 Å². The summed E-state index contributed by atoms with van der Waals surface area (Å²) >= 11 is 4.10. The third-order valence-electron chi connectivity index (χ3n) is 1.93. The summed E-state index contributed by atoms with van der Waals surface area (Å²) in [6.45, 7) is 6.87. The molecule has 0 saturated carbocycles. The number of nitrogens with two attached hydrogens (primary N) is 1. The molecule has 0 spiro atoms. The molecule has 0 fully saturated rings. The van der Waals surface area contributed by atoms with Crippen molar-refractivity contribution in [2.45, 2.75) is 52.1 Å². The molecule has 0 aliphatic carbocycles. The van der Waals surface area contributed by atoms with Crippen LogP contribution < -0.4 is 5.73 Å². The van der Waals surface area contributed by atoms with Gasteiger partial charge in [0, 0.05) is 6.54 Å². The van der Waals surface area contributed by atoms with Crippen LogP contribution in [0.4, 0.5) is 4.79 Å². The molecule has 96 valence electrons. The Morgan fingerprint density at radius 3 is 2.31 bits per heavy atom. The smallest absolute Gasteiger partial charge is 0.420 e. The van der Waals surface area contributed by atoms with Gasteiger partial charge in [-0.1, -0.05) is 25.7 Å². The van der Waals surface area contributed by atoms with Gasteiger partial charge in [-0.05, 0) is 40.2 Å². The first-order valence-corrected chi connectivity index (χ1v) is 6.16. The molecule has 0 aromatic rings. The van der Waals surface area contributed by atoms with Crippen LogP contribution in [0.2, 0.25) is 0 Å². The fourth-order valence-electron chi connectivity index (χ4n) is 1.17.